The summed E-state index contributed by atoms with van der Waals surface area (Å²) in [5, 5.41) is 12.5. The van der Waals surface area contributed by atoms with Gasteiger partial charge >= 0.3 is 0 Å². The highest BCUT2D eigenvalue weighted by Crippen LogP contribution is 2.29. The summed E-state index contributed by atoms with van der Waals surface area (Å²) in [6, 6.07) is 4.33. The van der Waals surface area contributed by atoms with E-state index < -0.39 is 0 Å². The monoisotopic (exact) mass is 338 g/mol. The van der Waals surface area contributed by atoms with Crippen LogP contribution in [0, 0.1) is 5.82 Å². The van der Waals surface area contributed by atoms with Gasteiger partial charge in [-0.25, -0.2) is 4.39 Å². The first-order valence-corrected chi connectivity index (χ1v) is 8.60. The van der Waals surface area contributed by atoms with E-state index in [1.165, 1.54) is 12.1 Å². The number of nitrogens with zero attached hydrogens (tertiary/aromatic N) is 1. The Bertz CT molecular complexity index is 545. The average Bonchev–Trinajstić information content (AvgIpc) is 2.56. The number of ether oxygens (including phenoxy) is 1. The first-order chi connectivity index (χ1) is 11.5. The second-order valence-corrected chi connectivity index (χ2v) is 6.26. The zero-order valence-electron chi connectivity index (χ0n) is 14.4. The highest BCUT2D eigenvalue weighted by atomic mass is 19.1. The lowest BCUT2D eigenvalue weighted by Crippen LogP contribution is -2.37. The van der Waals surface area contributed by atoms with Crippen LogP contribution in [0.3, 0.4) is 0 Å². The van der Waals surface area contributed by atoms with E-state index in [2.05, 4.69) is 10.2 Å². The topological polar surface area (TPSA) is 61.8 Å². The van der Waals surface area contributed by atoms with Crippen molar-refractivity contribution < 1.29 is 19.0 Å². The lowest BCUT2D eigenvalue weighted by atomic mass is 10.0. The van der Waals surface area contributed by atoms with Gasteiger partial charge in [-0.15, -0.1) is 0 Å². The zero-order valence-corrected chi connectivity index (χ0v) is 14.4. The van der Waals surface area contributed by atoms with Gasteiger partial charge in [-0.2, -0.15) is 0 Å². The molecule has 2 N–H and O–H groups in total. The Morgan fingerprint density at radius 2 is 2.17 bits per heavy atom. The Kier molecular flexibility index (Phi) is 6.99. The molecule has 2 rings (SSSR count). The molecule has 1 aliphatic heterocycles. The fraction of sp³-hybridized carbons (Fsp3) is 0.611. The Morgan fingerprint density at radius 3 is 2.83 bits per heavy atom. The maximum atomic E-state index is 13.7. The molecule has 5 nitrogen and oxygen atoms in total. The number of carbonyl (C=O) groups excluding carboxylic acids is 1. The quantitative estimate of drug-likeness (QED) is 0.750. The Labute approximate surface area is 142 Å². The second-order valence-electron chi connectivity index (χ2n) is 6.26. The van der Waals surface area contributed by atoms with Gasteiger partial charge in [-0.1, -0.05) is 6.92 Å². The van der Waals surface area contributed by atoms with Gasteiger partial charge in [-0.05, 0) is 44.4 Å². The van der Waals surface area contributed by atoms with Crippen molar-refractivity contribution in [3.8, 4) is 0 Å². The van der Waals surface area contributed by atoms with Gasteiger partial charge in [0.05, 0.1) is 12.1 Å². The van der Waals surface area contributed by atoms with Gasteiger partial charge in [0.25, 0.3) is 0 Å². The first kappa shape index (κ1) is 18.7. The minimum absolute atomic E-state index is 0.0126. The number of halogens is 1. The van der Waals surface area contributed by atoms with Crippen molar-refractivity contribution >= 4 is 11.6 Å². The smallest absolute Gasteiger partial charge is 0.246 e. The third kappa shape index (κ3) is 5.18. The number of anilines is 1. The Morgan fingerprint density at radius 1 is 1.46 bits per heavy atom. The van der Waals surface area contributed by atoms with Crippen LogP contribution in [0.1, 0.15) is 44.7 Å². The fourth-order valence-electron chi connectivity index (χ4n) is 2.94. The molecule has 24 heavy (non-hydrogen) atoms. The summed E-state index contributed by atoms with van der Waals surface area (Å²) >= 11 is 0. The van der Waals surface area contributed by atoms with E-state index in [0.717, 1.165) is 30.8 Å². The van der Waals surface area contributed by atoms with Crippen LogP contribution in [-0.4, -0.2) is 43.4 Å². The summed E-state index contributed by atoms with van der Waals surface area (Å²) in [6.07, 6.45) is 1.99. The lowest BCUT2D eigenvalue weighted by Gasteiger charge is -2.34. The van der Waals surface area contributed by atoms with Crippen LogP contribution < -0.4 is 10.2 Å². The highest BCUT2D eigenvalue weighted by Gasteiger charge is 2.22. The molecular formula is C18H27FN2O3. The number of piperidine rings is 1. The standard InChI is InChI=1S/C18H27FN2O3/c1-3-10-24-12-18(23)20-13(2)16-11-14(19)4-5-17(16)21-8-6-15(22)7-9-21/h4-5,11,13,15,22H,3,6-10,12H2,1-2H3,(H,20,23)/t13-/m1/s1. The van der Waals surface area contributed by atoms with Crippen molar-refractivity contribution in [1.82, 2.24) is 5.32 Å². The molecule has 6 heteroatoms. The van der Waals surface area contributed by atoms with Crippen LogP contribution in [0.4, 0.5) is 10.1 Å². The van der Waals surface area contributed by atoms with Crippen molar-refractivity contribution in [2.45, 2.75) is 45.3 Å². The Balaban J connectivity index is 2.07. The van der Waals surface area contributed by atoms with Crippen LogP contribution in [0.25, 0.3) is 0 Å². The van der Waals surface area contributed by atoms with E-state index >= 15 is 0 Å². The zero-order chi connectivity index (χ0) is 17.5. The minimum atomic E-state index is -0.325. The summed E-state index contributed by atoms with van der Waals surface area (Å²) in [4.78, 5) is 14.1. The van der Waals surface area contributed by atoms with E-state index in [0.29, 0.717) is 19.4 Å². The predicted octanol–water partition coefficient (Wildman–Crippen LogP) is 2.39. The normalized spacial score (nSPS) is 16.9. The van der Waals surface area contributed by atoms with Gasteiger partial charge < -0.3 is 20.1 Å². The van der Waals surface area contributed by atoms with Gasteiger partial charge in [0.1, 0.15) is 12.4 Å². The molecule has 1 aromatic carbocycles. The molecule has 1 atom stereocenters. The number of hydrogen-bond acceptors (Lipinski definition) is 4. The second kappa shape index (κ2) is 8.99. The van der Waals surface area contributed by atoms with Crippen LogP contribution in [0.2, 0.25) is 0 Å². The predicted molar refractivity (Wildman–Crippen MR) is 91.5 cm³/mol. The number of carbonyl (C=O) groups is 1. The lowest BCUT2D eigenvalue weighted by molar-refractivity contribution is -0.126. The van der Waals surface area contributed by atoms with E-state index in [-0.39, 0.29) is 30.5 Å². The summed E-state index contributed by atoms with van der Waals surface area (Å²) in [5.74, 6) is -0.533. The van der Waals surface area contributed by atoms with Gasteiger partial charge in [0.2, 0.25) is 5.91 Å². The van der Waals surface area contributed by atoms with Gasteiger partial charge in [0, 0.05) is 30.9 Å². The van der Waals surface area contributed by atoms with Crippen LogP contribution in [0.5, 0.6) is 0 Å². The number of aliphatic hydroxyl groups excluding tert-OH is 1. The minimum Gasteiger partial charge on any atom is -0.393 e. The molecule has 1 fully saturated rings. The summed E-state index contributed by atoms with van der Waals surface area (Å²) < 4.78 is 19.0. The highest BCUT2D eigenvalue weighted by molar-refractivity contribution is 5.78. The molecule has 1 amide bonds. The van der Waals surface area contributed by atoms with Gasteiger partial charge in [-0.3, -0.25) is 4.79 Å². The summed E-state index contributed by atoms with van der Waals surface area (Å²) in [6.45, 7) is 5.83. The molecule has 0 saturated carbocycles. The van der Waals surface area contributed by atoms with Crippen LogP contribution in [-0.2, 0) is 9.53 Å². The van der Waals surface area contributed by atoms with E-state index in [1.807, 2.05) is 13.8 Å². The number of nitrogens with one attached hydrogen (secondary N) is 1. The molecule has 0 radical (unpaired) electrons. The number of hydrogen-bond donors (Lipinski definition) is 2. The fourth-order valence-corrected chi connectivity index (χ4v) is 2.94. The van der Waals surface area contributed by atoms with Crippen LogP contribution >= 0.6 is 0 Å². The van der Waals surface area contributed by atoms with Crippen molar-refractivity contribution in [3.63, 3.8) is 0 Å². The molecule has 1 aliphatic rings. The average molecular weight is 338 g/mol. The van der Waals surface area contributed by atoms with E-state index in [4.69, 9.17) is 4.74 Å². The molecule has 0 bridgehead atoms. The number of amides is 1. The molecule has 1 heterocycles. The molecule has 0 aromatic heterocycles. The molecule has 1 saturated heterocycles. The SMILES string of the molecule is CCCOCC(=O)N[C@H](C)c1cc(F)ccc1N1CCC(O)CC1. The van der Waals surface area contributed by atoms with E-state index in [1.54, 1.807) is 6.07 Å². The molecule has 0 spiro atoms. The number of aliphatic hydroxyl groups is 1. The first-order valence-electron chi connectivity index (χ1n) is 8.60. The molecule has 1 aromatic rings. The maximum absolute atomic E-state index is 13.7. The van der Waals surface area contributed by atoms with Crippen molar-refractivity contribution in [1.29, 1.82) is 0 Å². The third-order valence-electron chi connectivity index (χ3n) is 4.22. The van der Waals surface area contributed by atoms with E-state index in [9.17, 15) is 14.3 Å². The van der Waals surface area contributed by atoms with Crippen molar-refractivity contribution in [3.05, 3.63) is 29.6 Å². The summed E-state index contributed by atoms with van der Waals surface area (Å²) in [7, 11) is 0. The van der Waals surface area contributed by atoms with Crippen LogP contribution in [0.15, 0.2) is 18.2 Å². The van der Waals surface area contributed by atoms with Crippen molar-refractivity contribution in [2.24, 2.45) is 0 Å². The summed E-state index contributed by atoms with van der Waals surface area (Å²) in [5.41, 5.74) is 1.65. The molecular weight excluding hydrogens is 311 g/mol. The molecule has 0 unspecified atom stereocenters. The molecule has 134 valence electrons. The third-order valence-corrected chi connectivity index (χ3v) is 4.22. The molecule has 0 aliphatic carbocycles. The largest absolute Gasteiger partial charge is 0.393 e. The number of benzene rings is 1. The Hall–Kier alpha value is -1.66. The number of rotatable bonds is 7. The maximum Gasteiger partial charge on any atom is 0.246 e. The van der Waals surface area contributed by atoms with Crippen molar-refractivity contribution in [2.75, 3.05) is 31.2 Å². The van der Waals surface area contributed by atoms with Gasteiger partial charge in [0.15, 0.2) is 0 Å².